The molecule has 1 fully saturated rings. The Kier molecular flexibility index (Phi) is 2.87. The zero-order valence-corrected chi connectivity index (χ0v) is 6.97. The van der Waals surface area contributed by atoms with Gasteiger partial charge in [-0.15, -0.1) is 0 Å². The summed E-state index contributed by atoms with van der Waals surface area (Å²) in [7, 11) is 0. The molecule has 70 valence electrons. The van der Waals surface area contributed by atoms with Crippen molar-refractivity contribution in [1.29, 1.82) is 0 Å². The molecule has 1 heterocycles. The third-order valence-corrected chi connectivity index (χ3v) is 2.50. The maximum atomic E-state index is 11.8. The van der Waals surface area contributed by atoms with Crippen LogP contribution >= 0.6 is 11.8 Å². The Morgan fingerprint density at radius 2 is 2.17 bits per heavy atom. The molecule has 0 saturated carbocycles. The number of halogens is 3. The summed E-state index contributed by atoms with van der Waals surface area (Å²) in [5.74, 6) is -0.289. The molecule has 1 amide bonds. The molecule has 1 aliphatic heterocycles. The maximum Gasteiger partial charge on any atom is 0.442 e. The second-order valence-electron chi connectivity index (χ2n) is 2.53. The van der Waals surface area contributed by atoms with E-state index in [1.165, 1.54) is 0 Å². The first-order valence-electron chi connectivity index (χ1n) is 3.48. The van der Waals surface area contributed by atoms with Crippen LogP contribution < -0.4 is 5.32 Å². The van der Waals surface area contributed by atoms with E-state index in [2.05, 4.69) is 5.32 Å². The summed E-state index contributed by atoms with van der Waals surface area (Å²) in [5, 5.41) is 1.88. The van der Waals surface area contributed by atoms with Crippen LogP contribution in [0.1, 0.15) is 12.8 Å². The lowest BCUT2D eigenvalue weighted by Gasteiger charge is -2.22. The maximum absolute atomic E-state index is 11.8. The molecule has 1 N–H and O–H groups in total. The minimum atomic E-state index is -4.22. The number of hydrogen-bond acceptors (Lipinski definition) is 2. The summed E-state index contributed by atoms with van der Waals surface area (Å²) >= 11 is -0.0794. The molecule has 1 aliphatic rings. The van der Waals surface area contributed by atoms with E-state index in [9.17, 15) is 18.0 Å². The molecule has 6 heteroatoms. The van der Waals surface area contributed by atoms with Crippen molar-refractivity contribution in [3.63, 3.8) is 0 Å². The summed E-state index contributed by atoms with van der Waals surface area (Å²) in [6.45, 7) is 0.354. The molecule has 1 atom stereocenters. The van der Waals surface area contributed by atoms with Crippen LogP contribution in [0.25, 0.3) is 0 Å². The van der Waals surface area contributed by atoms with Gasteiger partial charge in [-0.3, -0.25) is 4.79 Å². The van der Waals surface area contributed by atoms with Gasteiger partial charge in [-0.1, -0.05) is 0 Å². The van der Waals surface area contributed by atoms with Gasteiger partial charge in [-0.2, -0.15) is 13.2 Å². The Balaban J connectivity index is 2.37. The summed E-state index contributed by atoms with van der Waals surface area (Å²) < 4.78 is 35.4. The number of rotatable bonds is 1. The molecule has 1 saturated heterocycles. The van der Waals surface area contributed by atoms with Gasteiger partial charge in [0.15, 0.2) is 0 Å². The van der Waals surface area contributed by atoms with Gasteiger partial charge in [0.05, 0.1) is 0 Å². The number of amides is 1. The molecular weight excluding hydrogens is 191 g/mol. The topological polar surface area (TPSA) is 29.1 Å². The van der Waals surface area contributed by atoms with Gasteiger partial charge in [-0.25, -0.2) is 0 Å². The van der Waals surface area contributed by atoms with Crippen LogP contribution in [0.2, 0.25) is 0 Å². The molecule has 2 nitrogen and oxygen atoms in total. The molecule has 1 unspecified atom stereocenters. The van der Waals surface area contributed by atoms with Crippen LogP contribution in [0.5, 0.6) is 0 Å². The van der Waals surface area contributed by atoms with E-state index in [0.717, 1.165) is 0 Å². The highest BCUT2D eigenvalue weighted by Crippen LogP contribution is 2.37. The Morgan fingerprint density at radius 1 is 1.50 bits per heavy atom. The summed E-state index contributed by atoms with van der Waals surface area (Å²) in [4.78, 5) is 10.7. The minimum Gasteiger partial charge on any atom is -0.356 e. The van der Waals surface area contributed by atoms with E-state index in [1.807, 2.05) is 0 Å². The Hall–Kier alpha value is -0.390. The Morgan fingerprint density at radius 3 is 2.67 bits per heavy atom. The van der Waals surface area contributed by atoms with Gasteiger partial charge < -0.3 is 5.32 Å². The Bertz CT molecular complexity index is 182. The van der Waals surface area contributed by atoms with Gasteiger partial charge in [0.2, 0.25) is 5.91 Å². The average Bonchev–Trinajstić information content (AvgIpc) is 1.82. The molecular formula is C6H8F3NOS. The van der Waals surface area contributed by atoms with Crippen molar-refractivity contribution >= 4 is 17.7 Å². The summed E-state index contributed by atoms with van der Waals surface area (Å²) in [5.41, 5.74) is -4.22. The predicted octanol–water partition coefficient (Wildman–Crippen LogP) is 1.52. The van der Waals surface area contributed by atoms with Crippen molar-refractivity contribution in [2.24, 2.45) is 0 Å². The number of hydrogen-bond donors (Lipinski definition) is 1. The highest BCUT2D eigenvalue weighted by atomic mass is 32.2. The minimum absolute atomic E-state index is 0.0236. The van der Waals surface area contributed by atoms with Gasteiger partial charge in [0, 0.05) is 18.2 Å². The van der Waals surface area contributed by atoms with E-state index in [4.69, 9.17) is 0 Å². The van der Waals surface area contributed by atoms with Crippen LogP contribution in [0.3, 0.4) is 0 Å². The van der Waals surface area contributed by atoms with Gasteiger partial charge in [0.1, 0.15) is 0 Å². The van der Waals surface area contributed by atoms with E-state index in [-0.39, 0.29) is 24.1 Å². The van der Waals surface area contributed by atoms with Crippen LogP contribution in [0.15, 0.2) is 0 Å². The number of alkyl halides is 3. The monoisotopic (exact) mass is 199 g/mol. The van der Waals surface area contributed by atoms with Crippen molar-refractivity contribution in [2.45, 2.75) is 23.6 Å². The second kappa shape index (κ2) is 3.55. The number of carbonyl (C=O) groups excluding carboxylic acids is 1. The molecule has 0 aromatic carbocycles. The summed E-state index contributed by atoms with van der Waals surface area (Å²) in [6, 6.07) is 0. The molecule has 0 aromatic rings. The van der Waals surface area contributed by atoms with E-state index < -0.39 is 10.8 Å². The van der Waals surface area contributed by atoms with Gasteiger partial charge in [0.25, 0.3) is 0 Å². The second-order valence-corrected chi connectivity index (χ2v) is 3.89. The third-order valence-electron chi connectivity index (χ3n) is 1.50. The van der Waals surface area contributed by atoms with Crippen molar-refractivity contribution < 1.29 is 18.0 Å². The smallest absolute Gasteiger partial charge is 0.356 e. The fraction of sp³-hybridized carbons (Fsp3) is 0.833. The quantitative estimate of drug-likeness (QED) is 0.693. The standard InChI is InChI=1S/C6H8F3NOS/c7-6(8,9)12-4-1-2-10-5(11)3-4/h4H,1-3H2,(H,10,11). The van der Waals surface area contributed by atoms with Crippen LogP contribution in [0.4, 0.5) is 13.2 Å². The normalized spacial score (nSPS) is 25.2. The van der Waals surface area contributed by atoms with Gasteiger partial charge in [-0.05, 0) is 18.2 Å². The van der Waals surface area contributed by atoms with Crippen LogP contribution in [0, 0.1) is 0 Å². The molecule has 0 spiro atoms. The van der Waals surface area contributed by atoms with Crippen LogP contribution in [-0.2, 0) is 4.79 Å². The number of piperidine rings is 1. The van der Waals surface area contributed by atoms with Crippen molar-refractivity contribution in [2.75, 3.05) is 6.54 Å². The molecule has 0 bridgehead atoms. The lowest BCUT2D eigenvalue weighted by atomic mass is 10.1. The van der Waals surface area contributed by atoms with Crippen molar-refractivity contribution in [3.05, 3.63) is 0 Å². The fourth-order valence-corrected chi connectivity index (χ4v) is 1.89. The largest absolute Gasteiger partial charge is 0.442 e. The van der Waals surface area contributed by atoms with Crippen molar-refractivity contribution in [1.82, 2.24) is 5.32 Å². The number of carbonyl (C=O) groups is 1. The lowest BCUT2D eigenvalue weighted by molar-refractivity contribution is -0.122. The fourth-order valence-electron chi connectivity index (χ4n) is 1.04. The molecule has 0 radical (unpaired) electrons. The number of nitrogens with one attached hydrogen (secondary N) is 1. The lowest BCUT2D eigenvalue weighted by Crippen LogP contribution is -2.35. The SMILES string of the molecule is O=C1CC(SC(F)(F)F)CCN1. The highest BCUT2D eigenvalue weighted by Gasteiger charge is 2.34. The van der Waals surface area contributed by atoms with E-state index >= 15 is 0 Å². The zero-order valence-electron chi connectivity index (χ0n) is 6.15. The third kappa shape index (κ3) is 3.34. The van der Waals surface area contributed by atoms with E-state index in [1.54, 1.807) is 0 Å². The number of thioether (sulfide) groups is 1. The molecule has 0 aliphatic carbocycles. The molecule has 0 aromatic heterocycles. The molecule has 12 heavy (non-hydrogen) atoms. The van der Waals surface area contributed by atoms with Crippen LogP contribution in [-0.4, -0.2) is 23.2 Å². The zero-order chi connectivity index (χ0) is 9.19. The first kappa shape index (κ1) is 9.70. The van der Waals surface area contributed by atoms with Gasteiger partial charge >= 0.3 is 5.51 Å². The first-order chi connectivity index (χ1) is 5.47. The predicted molar refractivity (Wildman–Crippen MR) is 39.7 cm³/mol. The van der Waals surface area contributed by atoms with Crippen molar-refractivity contribution in [3.8, 4) is 0 Å². The highest BCUT2D eigenvalue weighted by molar-refractivity contribution is 8.00. The first-order valence-corrected chi connectivity index (χ1v) is 4.36. The van der Waals surface area contributed by atoms with E-state index in [0.29, 0.717) is 13.0 Å². The summed E-state index contributed by atoms with van der Waals surface area (Å²) in [6.07, 6.45) is 0.375. The Labute approximate surface area is 71.9 Å². The molecule has 1 rings (SSSR count). The average molecular weight is 199 g/mol.